The van der Waals surface area contributed by atoms with E-state index in [0.29, 0.717) is 23.7 Å². The summed E-state index contributed by atoms with van der Waals surface area (Å²) in [5.74, 6) is 1.33. The zero-order valence-corrected chi connectivity index (χ0v) is 16.3. The van der Waals surface area contributed by atoms with Crippen LogP contribution < -0.4 is 0 Å². The molecule has 0 saturated heterocycles. The van der Waals surface area contributed by atoms with Crippen molar-refractivity contribution in [2.24, 2.45) is 11.3 Å². The Morgan fingerprint density at radius 2 is 2.17 bits per heavy atom. The summed E-state index contributed by atoms with van der Waals surface area (Å²) in [6, 6.07) is 8.15. The van der Waals surface area contributed by atoms with Crippen molar-refractivity contribution in [1.29, 1.82) is 0 Å². The van der Waals surface area contributed by atoms with Gasteiger partial charge in [-0.2, -0.15) is 0 Å². The van der Waals surface area contributed by atoms with Crippen LogP contribution in [0.15, 0.2) is 28.6 Å². The molecule has 3 rings (SSSR count). The molecule has 0 amide bonds. The first-order chi connectivity index (χ1) is 11.4. The molecule has 1 N–H and O–H groups in total. The van der Waals surface area contributed by atoms with Gasteiger partial charge in [-0.1, -0.05) is 44.7 Å². The van der Waals surface area contributed by atoms with Crippen molar-refractivity contribution < 1.29 is 9.84 Å². The topological polar surface area (TPSA) is 42.4 Å². The molecule has 1 aromatic carbocycles. The highest BCUT2D eigenvalue weighted by Crippen LogP contribution is 2.39. The monoisotopic (exact) mass is 365 g/mol. The number of ether oxygens (including phenoxy) is 1. The molecule has 1 aliphatic carbocycles. The summed E-state index contributed by atoms with van der Waals surface area (Å²) in [6.45, 7) is 7.36. The van der Waals surface area contributed by atoms with Gasteiger partial charge in [0, 0.05) is 5.75 Å². The van der Waals surface area contributed by atoms with E-state index in [0.717, 1.165) is 22.7 Å². The van der Waals surface area contributed by atoms with Crippen molar-refractivity contribution in [3.8, 4) is 0 Å². The highest BCUT2D eigenvalue weighted by Gasteiger charge is 2.32. The molecule has 132 valence electrons. The smallest absolute Gasteiger partial charge is 0.151 e. The number of aromatic nitrogens is 1. The number of nitrogens with zero attached hydrogens (tertiary/aromatic N) is 1. The van der Waals surface area contributed by atoms with Crippen LogP contribution in [0, 0.1) is 11.3 Å². The lowest BCUT2D eigenvalue weighted by Crippen LogP contribution is -2.34. The van der Waals surface area contributed by atoms with E-state index >= 15 is 0 Å². The van der Waals surface area contributed by atoms with Gasteiger partial charge in [0.05, 0.1) is 29.0 Å². The van der Waals surface area contributed by atoms with Crippen molar-refractivity contribution in [3.63, 3.8) is 0 Å². The second-order valence-electron chi connectivity index (χ2n) is 7.78. The third kappa shape index (κ3) is 4.94. The number of aliphatic hydroxyl groups is 1. The van der Waals surface area contributed by atoms with Gasteiger partial charge in [-0.25, -0.2) is 4.98 Å². The van der Waals surface area contributed by atoms with E-state index in [-0.39, 0.29) is 6.10 Å². The van der Waals surface area contributed by atoms with Gasteiger partial charge in [0.2, 0.25) is 0 Å². The zero-order chi connectivity index (χ0) is 17.2. The van der Waals surface area contributed by atoms with Crippen LogP contribution in [0.4, 0.5) is 0 Å². The minimum Gasteiger partial charge on any atom is -0.390 e. The predicted octanol–water partition coefficient (Wildman–Crippen LogP) is 4.98. The van der Waals surface area contributed by atoms with Crippen LogP contribution in [0.1, 0.15) is 40.0 Å². The summed E-state index contributed by atoms with van der Waals surface area (Å²) < 4.78 is 8.23. The first-order valence-corrected chi connectivity index (χ1v) is 10.5. The van der Waals surface area contributed by atoms with Crippen molar-refractivity contribution in [3.05, 3.63) is 24.3 Å². The van der Waals surface area contributed by atoms with Gasteiger partial charge < -0.3 is 9.84 Å². The van der Waals surface area contributed by atoms with Crippen LogP contribution in [0.3, 0.4) is 0 Å². The number of rotatable bonds is 6. The maximum absolute atomic E-state index is 10.2. The second-order valence-corrected chi connectivity index (χ2v) is 10.1. The van der Waals surface area contributed by atoms with Gasteiger partial charge in [-0.05, 0) is 42.7 Å². The molecule has 1 saturated carbocycles. The van der Waals surface area contributed by atoms with E-state index < -0.39 is 6.10 Å². The standard InChI is InChI=1S/C19H27NO2S2/c1-13-8-15(10-19(2,3)9-13)22-11-14(21)12-23-18-20-16-6-4-5-7-17(16)24-18/h4-7,13-15,21H,8-12H2,1-3H3. The fraction of sp³-hybridized carbons (Fsp3) is 0.632. The molecule has 1 aromatic heterocycles. The lowest BCUT2D eigenvalue weighted by molar-refractivity contribution is -0.0508. The van der Waals surface area contributed by atoms with Gasteiger partial charge in [-0.15, -0.1) is 11.3 Å². The van der Waals surface area contributed by atoms with E-state index in [2.05, 4.69) is 31.8 Å². The predicted molar refractivity (Wildman–Crippen MR) is 103 cm³/mol. The molecular weight excluding hydrogens is 338 g/mol. The molecule has 3 atom stereocenters. The Balaban J connectivity index is 1.45. The van der Waals surface area contributed by atoms with Crippen LogP contribution >= 0.6 is 23.1 Å². The van der Waals surface area contributed by atoms with Crippen molar-refractivity contribution >= 4 is 33.3 Å². The number of aliphatic hydroxyl groups excluding tert-OH is 1. The zero-order valence-electron chi connectivity index (χ0n) is 14.7. The highest BCUT2D eigenvalue weighted by atomic mass is 32.2. The Morgan fingerprint density at radius 1 is 1.38 bits per heavy atom. The lowest BCUT2D eigenvalue weighted by Gasteiger charge is -2.39. The quantitative estimate of drug-likeness (QED) is 0.733. The van der Waals surface area contributed by atoms with Gasteiger partial charge in [0.15, 0.2) is 4.34 Å². The highest BCUT2D eigenvalue weighted by molar-refractivity contribution is 8.01. The Hall–Kier alpha value is -0.620. The minimum absolute atomic E-state index is 0.283. The van der Waals surface area contributed by atoms with E-state index in [1.54, 1.807) is 23.1 Å². The first kappa shape index (κ1) is 18.2. The number of benzene rings is 1. The van der Waals surface area contributed by atoms with E-state index in [9.17, 15) is 5.11 Å². The summed E-state index contributed by atoms with van der Waals surface area (Å²) in [5, 5.41) is 10.2. The van der Waals surface area contributed by atoms with Crippen LogP contribution in [0.5, 0.6) is 0 Å². The molecule has 0 radical (unpaired) electrons. The normalized spacial score (nSPS) is 25.0. The molecule has 24 heavy (non-hydrogen) atoms. The van der Waals surface area contributed by atoms with Crippen LogP contribution in [0.25, 0.3) is 10.2 Å². The molecule has 1 heterocycles. The maximum atomic E-state index is 10.2. The largest absolute Gasteiger partial charge is 0.390 e. The summed E-state index contributed by atoms with van der Waals surface area (Å²) in [7, 11) is 0. The third-order valence-corrected chi connectivity index (χ3v) is 6.87. The van der Waals surface area contributed by atoms with Gasteiger partial charge in [0.1, 0.15) is 0 Å². The average molecular weight is 366 g/mol. The number of hydrogen-bond donors (Lipinski definition) is 1. The molecule has 1 aliphatic rings. The Labute approximate surface area is 152 Å². The maximum Gasteiger partial charge on any atom is 0.151 e. The fourth-order valence-electron chi connectivity index (χ4n) is 3.76. The molecule has 0 aliphatic heterocycles. The average Bonchev–Trinajstić information content (AvgIpc) is 2.92. The van der Waals surface area contributed by atoms with Crippen molar-refractivity contribution in [2.75, 3.05) is 12.4 Å². The van der Waals surface area contributed by atoms with Crippen molar-refractivity contribution in [2.45, 2.75) is 56.6 Å². The van der Waals surface area contributed by atoms with Crippen LogP contribution in [-0.4, -0.2) is 34.7 Å². The molecular formula is C19H27NO2S2. The number of hydrogen-bond acceptors (Lipinski definition) is 5. The SMILES string of the molecule is CC1CC(OCC(O)CSc2nc3ccccc3s2)CC(C)(C)C1. The minimum atomic E-state index is -0.442. The summed E-state index contributed by atoms with van der Waals surface area (Å²) in [5.41, 5.74) is 1.39. The molecule has 1 fully saturated rings. The molecule has 0 bridgehead atoms. The number of para-hydroxylation sites is 1. The number of thiazole rings is 1. The van der Waals surface area contributed by atoms with E-state index in [1.165, 1.54) is 11.1 Å². The first-order valence-electron chi connectivity index (χ1n) is 8.69. The molecule has 2 aromatic rings. The van der Waals surface area contributed by atoms with Crippen LogP contribution in [-0.2, 0) is 4.74 Å². The van der Waals surface area contributed by atoms with Gasteiger partial charge in [-0.3, -0.25) is 0 Å². The third-order valence-electron chi connectivity index (χ3n) is 4.54. The van der Waals surface area contributed by atoms with Crippen LogP contribution in [0.2, 0.25) is 0 Å². The molecule has 3 nitrogen and oxygen atoms in total. The fourth-order valence-corrected chi connectivity index (χ4v) is 5.76. The Morgan fingerprint density at radius 3 is 2.92 bits per heavy atom. The Kier molecular flexibility index (Phi) is 5.85. The second kappa shape index (κ2) is 7.73. The molecule has 5 heteroatoms. The lowest BCUT2D eigenvalue weighted by atomic mass is 9.71. The van der Waals surface area contributed by atoms with E-state index in [1.807, 2.05) is 18.2 Å². The number of fused-ring (bicyclic) bond motifs is 1. The summed E-state index contributed by atoms with van der Waals surface area (Å²) in [4.78, 5) is 4.59. The van der Waals surface area contributed by atoms with Crippen molar-refractivity contribution in [1.82, 2.24) is 4.98 Å². The Bertz CT molecular complexity index is 637. The molecule has 3 unspecified atom stereocenters. The molecule has 0 spiro atoms. The number of thioether (sulfide) groups is 1. The summed E-state index contributed by atoms with van der Waals surface area (Å²) >= 11 is 3.30. The van der Waals surface area contributed by atoms with Gasteiger partial charge >= 0.3 is 0 Å². The van der Waals surface area contributed by atoms with Gasteiger partial charge in [0.25, 0.3) is 0 Å². The summed E-state index contributed by atoms with van der Waals surface area (Å²) in [6.07, 6.45) is 3.31. The van der Waals surface area contributed by atoms with E-state index in [4.69, 9.17) is 4.74 Å².